The Kier molecular flexibility index (Phi) is 3.14. The van der Waals surface area contributed by atoms with E-state index >= 15 is 0 Å². The largest absolute Gasteiger partial charge is 0.394 e. The third-order valence-corrected chi connectivity index (χ3v) is 2.25. The molecule has 0 spiro atoms. The van der Waals surface area contributed by atoms with Crippen molar-refractivity contribution in [3.05, 3.63) is 36.0 Å². The van der Waals surface area contributed by atoms with Gasteiger partial charge in [0.1, 0.15) is 6.10 Å². The second-order valence-corrected chi connectivity index (χ2v) is 3.33. The van der Waals surface area contributed by atoms with Gasteiger partial charge in [0.15, 0.2) is 6.29 Å². The predicted molar refractivity (Wildman–Crippen MR) is 52.7 cm³/mol. The molecular formula is C11H14O3. The molecule has 0 aromatic carbocycles. The van der Waals surface area contributed by atoms with Crippen molar-refractivity contribution in [2.24, 2.45) is 0 Å². The first-order valence-corrected chi connectivity index (χ1v) is 4.81. The summed E-state index contributed by atoms with van der Waals surface area (Å²) in [6.07, 6.45) is 10.5. The fraction of sp³-hybridized carbons (Fsp3) is 0.455. The van der Waals surface area contributed by atoms with Gasteiger partial charge in [0, 0.05) is 5.57 Å². The van der Waals surface area contributed by atoms with E-state index < -0.39 is 0 Å². The van der Waals surface area contributed by atoms with Crippen LogP contribution in [0.4, 0.5) is 0 Å². The van der Waals surface area contributed by atoms with Crippen LogP contribution in [0.3, 0.4) is 0 Å². The molecule has 2 atom stereocenters. The maximum Gasteiger partial charge on any atom is 0.184 e. The fourth-order valence-electron chi connectivity index (χ4n) is 1.49. The number of hydrogen-bond acceptors (Lipinski definition) is 3. The first-order chi connectivity index (χ1) is 6.90. The standard InChI is InChI=1S/C11H14O3/c12-7-10-8-13-11(14-10)9-5-3-1-2-4-6-9/h1-3,5-6,10-12H,4,7-8H2. The minimum atomic E-state index is -0.303. The van der Waals surface area contributed by atoms with Crippen LogP contribution in [-0.4, -0.2) is 30.7 Å². The summed E-state index contributed by atoms with van der Waals surface area (Å²) in [6, 6.07) is 0. The van der Waals surface area contributed by atoms with Gasteiger partial charge in [0.2, 0.25) is 0 Å². The van der Waals surface area contributed by atoms with Gasteiger partial charge in [0.05, 0.1) is 13.2 Å². The van der Waals surface area contributed by atoms with Crippen molar-refractivity contribution >= 4 is 0 Å². The van der Waals surface area contributed by atoms with Crippen molar-refractivity contribution in [2.45, 2.75) is 18.8 Å². The molecule has 1 fully saturated rings. The van der Waals surface area contributed by atoms with Gasteiger partial charge >= 0.3 is 0 Å². The average Bonchev–Trinajstić information content (AvgIpc) is 2.53. The van der Waals surface area contributed by atoms with Crippen molar-refractivity contribution < 1.29 is 14.6 Å². The second-order valence-electron chi connectivity index (χ2n) is 3.33. The lowest BCUT2D eigenvalue weighted by atomic mass is 10.2. The van der Waals surface area contributed by atoms with Gasteiger partial charge in [0.25, 0.3) is 0 Å². The van der Waals surface area contributed by atoms with E-state index in [1.807, 2.05) is 18.2 Å². The quantitative estimate of drug-likeness (QED) is 0.717. The van der Waals surface area contributed by atoms with Crippen LogP contribution in [0.2, 0.25) is 0 Å². The zero-order chi connectivity index (χ0) is 9.80. The molecule has 1 saturated heterocycles. The summed E-state index contributed by atoms with van der Waals surface area (Å²) >= 11 is 0. The van der Waals surface area contributed by atoms with Gasteiger partial charge in [-0.2, -0.15) is 0 Å². The summed E-state index contributed by atoms with van der Waals surface area (Å²) in [5.41, 5.74) is 1.03. The molecule has 76 valence electrons. The zero-order valence-electron chi connectivity index (χ0n) is 7.93. The lowest BCUT2D eigenvalue weighted by Crippen LogP contribution is -2.17. The first-order valence-electron chi connectivity index (χ1n) is 4.81. The topological polar surface area (TPSA) is 38.7 Å². The summed E-state index contributed by atoms with van der Waals surface area (Å²) in [7, 11) is 0. The van der Waals surface area contributed by atoms with Crippen LogP contribution in [0, 0.1) is 0 Å². The summed E-state index contributed by atoms with van der Waals surface area (Å²) in [6.45, 7) is 0.492. The Hall–Kier alpha value is -0.900. The molecule has 0 aromatic heterocycles. The maximum atomic E-state index is 8.88. The number of rotatable bonds is 2. The van der Waals surface area contributed by atoms with E-state index in [-0.39, 0.29) is 19.0 Å². The van der Waals surface area contributed by atoms with Crippen molar-refractivity contribution in [3.8, 4) is 0 Å². The van der Waals surface area contributed by atoms with Crippen LogP contribution < -0.4 is 0 Å². The number of hydrogen-bond donors (Lipinski definition) is 1. The predicted octanol–water partition coefficient (Wildman–Crippen LogP) is 1.16. The van der Waals surface area contributed by atoms with Gasteiger partial charge < -0.3 is 14.6 Å². The number of aliphatic hydroxyl groups is 1. The molecule has 2 rings (SSSR count). The Morgan fingerprint density at radius 1 is 1.43 bits per heavy atom. The highest BCUT2D eigenvalue weighted by atomic mass is 16.7. The summed E-state index contributed by atoms with van der Waals surface area (Å²) in [5.74, 6) is 0. The average molecular weight is 194 g/mol. The van der Waals surface area contributed by atoms with Crippen molar-refractivity contribution in [1.82, 2.24) is 0 Å². The molecule has 0 amide bonds. The normalized spacial score (nSPS) is 31.6. The molecule has 14 heavy (non-hydrogen) atoms. The Bertz CT molecular complexity index is 278. The molecule has 3 nitrogen and oxygen atoms in total. The Morgan fingerprint density at radius 2 is 2.36 bits per heavy atom. The van der Waals surface area contributed by atoms with Crippen molar-refractivity contribution in [1.29, 1.82) is 0 Å². The monoisotopic (exact) mass is 194 g/mol. The molecule has 0 saturated carbocycles. The lowest BCUT2D eigenvalue weighted by Gasteiger charge is -2.10. The molecule has 1 N–H and O–H groups in total. The first kappa shape index (κ1) is 9.65. The molecule has 2 unspecified atom stereocenters. The Balaban J connectivity index is 1.99. The van der Waals surface area contributed by atoms with E-state index in [1.54, 1.807) is 0 Å². The van der Waals surface area contributed by atoms with Crippen molar-refractivity contribution in [3.63, 3.8) is 0 Å². The molecule has 0 aromatic rings. The van der Waals surface area contributed by atoms with E-state index in [4.69, 9.17) is 14.6 Å². The van der Waals surface area contributed by atoms with E-state index in [2.05, 4.69) is 12.2 Å². The molecule has 3 heteroatoms. The summed E-state index contributed by atoms with van der Waals surface area (Å²) in [4.78, 5) is 0. The molecule has 0 radical (unpaired) electrons. The van der Waals surface area contributed by atoms with Crippen LogP contribution in [0.15, 0.2) is 36.0 Å². The number of ether oxygens (including phenoxy) is 2. The zero-order valence-corrected chi connectivity index (χ0v) is 7.93. The minimum Gasteiger partial charge on any atom is -0.394 e. The Labute approximate surface area is 83.3 Å². The van der Waals surface area contributed by atoms with E-state index in [1.165, 1.54) is 0 Å². The molecule has 2 aliphatic rings. The van der Waals surface area contributed by atoms with E-state index in [0.717, 1.165) is 12.0 Å². The highest BCUT2D eigenvalue weighted by molar-refractivity contribution is 5.28. The van der Waals surface area contributed by atoms with Gasteiger partial charge in [-0.05, 0) is 6.42 Å². The van der Waals surface area contributed by atoms with E-state index in [9.17, 15) is 0 Å². The van der Waals surface area contributed by atoms with Gasteiger partial charge in [-0.3, -0.25) is 0 Å². The minimum absolute atomic E-state index is 0.0196. The number of allylic oxidation sites excluding steroid dienone is 4. The molecule has 1 heterocycles. The Morgan fingerprint density at radius 3 is 3.14 bits per heavy atom. The van der Waals surface area contributed by atoms with Crippen molar-refractivity contribution in [2.75, 3.05) is 13.2 Å². The van der Waals surface area contributed by atoms with E-state index in [0.29, 0.717) is 6.61 Å². The lowest BCUT2D eigenvalue weighted by molar-refractivity contribution is -0.0357. The van der Waals surface area contributed by atoms with Crippen LogP contribution in [0.1, 0.15) is 6.42 Å². The number of aliphatic hydroxyl groups excluding tert-OH is 1. The summed E-state index contributed by atoms with van der Waals surface area (Å²) in [5, 5.41) is 8.88. The molecule has 0 bridgehead atoms. The van der Waals surface area contributed by atoms with Crippen LogP contribution >= 0.6 is 0 Å². The summed E-state index contributed by atoms with van der Waals surface area (Å²) < 4.78 is 10.9. The van der Waals surface area contributed by atoms with Crippen LogP contribution in [0.25, 0.3) is 0 Å². The smallest absolute Gasteiger partial charge is 0.184 e. The van der Waals surface area contributed by atoms with Gasteiger partial charge in [-0.15, -0.1) is 0 Å². The second kappa shape index (κ2) is 4.55. The molecular weight excluding hydrogens is 180 g/mol. The maximum absolute atomic E-state index is 8.88. The third kappa shape index (κ3) is 2.12. The van der Waals surface area contributed by atoms with Crippen LogP contribution in [-0.2, 0) is 9.47 Å². The SMILES string of the molecule is OCC1COC(C2=CCC=CC=C2)O1. The highest BCUT2D eigenvalue weighted by Gasteiger charge is 2.27. The highest BCUT2D eigenvalue weighted by Crippen LogP contribution is 2.21. The van der Waals surface area contributed by atoms with Gasteiger partial charge in [-0.25, -0.2) is 0 Å². The van der Waals surface area contributed by atoms with Crippen LogP contribution in [0.5, 0.6) is 0 Å². The van der Waals surface area contributed by atoms with Gasteiger partial charge in [-0.1, -0.05) is 30.4 Å². The fourth-order valence-corrected chi connectivity index (χ4v) is 1.49. The molecule has 1 aliphatic carbocycles. The third-order valence-electron chi connectivity index (χ3n) is 2.25. The molecule has 1 aliphatic heterocycles.